The van der Waals surface area contributed by atoms with E-state index < -0.39 is 17.8 Å². The number of carbonyl (C=O) groups is 1. The molecule has 4 nitrogen and oxygen atoms in total. The van der Waals surface area contributed by atoms with Crippen LogP contribution < -0.4 is 4.90 Å². The van der Waals surface area contributed by atoms with Gasteiger partial charge in [0.25, 0.3) is 0 Å². The minimum absolute atomic E-state index is 0.199. The van der Waals surface area contributed by atoms with Crippen molar-refractivity contribution in [2.24, 2.45) is 0 Å². The predicted molar refractivity (Wildman–Crippen MR) is 77.7 cm³/mol. The summed E-state index contributed by atoms with van der Waals surface area (Å²) in [6.07, 6.45) is -1.01. The summed E-state index contributed by atoms with van der Waals surface area (Å²) in [5.74, 6) is 0. The SMILES string of the molecule is CC(C)(C)OC(=O)N1C[C@@H](Br)[C@H](O)c2ccccc21. The molecule has 1 amide bonds. The van der Waals surface area contributed by atoms with Crippen LogP contribution in [-0.2, 0) is 4.74 Å². The molecule has 0 aliphatic carbocycles. The van der Waals surface area contributed by atoms with Gasteiger partial charge in [0.2, 0.25) is 0 Å². The van der Waals surface area contributed by atoms with Crippen LogP contribution in [0.15, 0.2) is 24.3 Å². The van der Waals surface area contributed by atoms with Crippen LogP contribution in [-0.4, -0.2) is 28.2 Å². The highest BCUT2D eigenvalue weighted by atomic mass is 79.9. The summed E-state index contributed by atoms with van der Waals surface area (Å²) >= 11 is 3.41. The molecule has 0 bridgehead atoms. The van der Waals surface area contributed by atoms with Crippen LogP contribution in [0, 0.1) is 0 Å². The second-order valence-corrected chi connectivity index (χ2v) is 6.79. The highest BCUT2D eigenvalue weighted by Gasteiger charge is 2.35. The molecule has 1 aromatic carbocycles. The fourth-order valence-corrected chi connectivity index (χ4v) is 2.62. The summed E-state index contributed by atoms with van der Waals surface area (Å²) in [7, 11) is 0. The van der Waals surface area contributed by atoms with Gasteiger partial charge < -0.3 is 9.84 Å². The zero-order chi connectivity index (χ0) is 14.2. The van der Waals surface area contributed by atoms with E-state index in [4.69, 9.17) is 4.74 Å². The Labute approximate surface area is 121 Å². The van der Waals surface area contributed by atoms with Gasteiger partial charge in [-0.1, -0.05) is 34.1 Å². The van der Waals surface area contributed by atoms with Gasteiger partial charge in [-0.25, -0.2) is 4.79 Å². The summed E-state index contributed by atoms with van der Waals surface area (Å²) in [4.78, 5) is 13.6. The number of carbonyl (C=O) groups excluding carboxylic acids is 1. The average molecular weight is 328 g/mol. The number of amides is 1. The Bertz CT molecular complexity index is 484. The molecule has 1 N–H and O–H groups in total. The van der Waals surface area contributed by atoms with Crippen molar-refractivity contribution in [1.29, 1.82) is 0 Å². The molecule has 0 aromatic heterocycles. The summed E-state index contributed by atoms with van der Waals surface area (Å²) < 4.78 is 5.40. The van der Waals surface area contributed by atoms with Gasteiger partial charge in [-0.2, -0.15) is 0 Å². The highest BCUT2D eigenvalue weighted by Crippen LogP contribution is 2.37. The molecule has 0 unspecified atom stereocenters. The number of para-hydroxylation sites is 1. The second kappa shape index (κ2) is 5.13. The number of benzene rings is 1. The van der Waals surface area contributed by atoms with Crippen molar-refractivity contribution >= 4 is 27.7 Å². The lowest BCUT2D eigenvalue weighted by molar-refractivity contribution is 0.0568. The molecule has 2 atom stereocenters. The molecule has 1 aromatic rings. The van der Waals surface area contributed by atoms with E-state index in [1.807, 2.05) is 45.0 Å². The van der Waals surface area contributed by atoms with Crippen LogP contribution in [0.3, 0.4) is 0 Å². The third kappa shape index (κ3) is 3.09. The van der Waals surface area contributed by atoms with Crippen molar-refractivity contribution in [3.63, 3.8) is 0 Å². The topological polar surface area (TPSA) is 49.8 Å². The predicted octanol–water partition coefficient (Wildman–Crippen LogP) is 3.24. The van der Waals surface area contributed by atoms with E-state index in [0.717, 1.165) is 5.56 Å². The van der Waals surface area contributed by atoms with Crippen LogP contribution in [0.5, 0.6) is 0 Å². The Morgan fingerprint density at radius 1 is 1.42 bits per heavy atom. The van der Waals surface area contributed by atoms with Gasteiger partial charge in [0.05, 0.1) is 16.6 Å². The normalized spacial score (nSPS) is 22.9. The van der Waals surface area contributed by atoms with E-state index in [9.17, 15) is 9.90 Å². The Morgan fingerprint density at radius 3 is 2.68 bits per heavy atom. The van der Waals surface area contributed by atoms with E-state index in [1.165, 1.54) is 0 Å². The van der Waals surface area contributed by atoms with Gasteiger partial charge >= 0.3 is 6.09 Å². The third-order valence-electron chi connectivity index (χ3n) is 2.86. The minimum Gasteiger partial charge on any atom is -0.443 e. The maximum Gasteiger partial charge on any atom is 0.414 e. The average Bonchev–Trinajstić information content (AvgIpc) is 2.31. The third-order valence-corrected chi connectivity index (χ3v) is 3.65. The lowest BCUT2D eigenvalue weighted by Crippen LogP contribution is -2.44. The number of ether oxygens (including phenoxy) is 1. The molecule has 0 radical (unpaired) electrons. The van der Waals surface area contributed by atoms with E-state index in [-0.39, 0.29) is 4.83 Å². The maximum absolute atomic E-state index is 12.2. The smallest absolute Gasteiger partial charge is 0.414 e. The zero-order valence-corrected chi connectivity index (χ0v) is 12.8. The van der Waals surface area contributed by atoms with Crippen LogP contribution >= 0.6 is 15.9 Å². The van der Waals surface area contributed by atoms with Crippen LogP contribution in [0.1, 0.15) is 32.4 Å². The molecule has 1 aliphatic rings. The minimum atomic E-state index is -0.616. The van der Waals surface area contributed by atoms with Crippen LogP contribution in [0.4, 0.5) is 10.5 Å². The molecular formula is C14H18BrNO3. The van der Waals surface area contributed by atoms with Crippen molar-refractivity contribution in [2.75, 3.05) is 11.4 Å². The number of aliphatic hydroxyl groups excluding tert-OH is 1. The zero-order valence-electron chi connectivity index (χ0n) is 11.3. The molecule has 104 valence electrons. The molecular weight excluding hydrogens is 310 g/mol. The van der Waals surface area contributed by atoms with Crippen molar-refractivity contribution in [3.8, 4) is 0 Å². The Balaban J connectivity index is 2.32. The number of anilines is 1. The van der Waals surface area contributed by atoms with Gasteiger partial charge in [-0.15, -0.1) is 0 Å². The molecule has 0 saturated carbocycles. The van der Waals surface area contributed by atoms with Crippen molar-refractivity contribution in [1.82, 2.24) is 0 Å². The summed E-state index contributed by atoms with van der Waals surface area (Å²) in [5, 5.41) is 10.1. The van der Waals surface area contributed by atoms with Crippen molar-refractivity contribution in [2.45, 2.75) is 37.3 Å². The fourth-order valence-electron chi connectivity index (χ4n) is 2.04. The monoisotopic (exact) mass is 327 g/mol. The summed E-state index contributed by atoms with van der Waals surface area (Å²) in [6, 6.07) is 7.34. The van der Waals surface area contributed by atoms with E-state index in [0.29, 0.717) is 12.2 Å². The van der Waals surface area contributed by atoms with E-state index >= 15 is 0 Å². The number of hydrogen-bond donors (Lipinski definition) is 1. The Hall–Kier alpha value is -1.07. The first-order valence-electron chi connectivity index (χ1n) is 6.21. The lowest BCUT2D eigenvalue weighted by Gasteiger charge is -2.36. The summed E-state index contributed by atoms with van der Waals surface area (Å²) in [5.41, 5.74) is 0.908. The molecule has 0 saturated heterocycles. The molecule has 1 aliphatic heterocycles. The van der Waals surface area contributed by atoms with Crippen molar-refractivity contribution < 1.29 is 14.6 Å². The van der Waals surface area contributed by atoms with Crippen LogP contribution in [0.25, 0.3) is 0 Å². The maximum atomic E-state index is 12.2. The first kappa shape index (κ1) is 14.3. The Kier molecular flexibility index (Phi) is 3.87. The highest BCUT2D eigenvalue weighted by molar-refractivity contribution is 9.09. The van der Waals surface area contributed by atoms with Gasteiger partial charge in [0, 0.05) is 12.1 Å². The number of halogens is 1. The van der Waals surface area contributed by atoms with E-state index in [1.54, 1.807) is 4.90 Å². The number of hydrogen-bond acceptors (Lipinski definition) is 3. The van der Waals surface area contributed by atoms with Gasteiger partial charge in [0.15, 0.2) is 0 Å². The second-order valence-electron chi connectivity index (χ2n) is 5.61. The largest absolute Gasteiger partial charge is 0.443 e. The molecule has 0 spiro atoms. The molecule has 0 fully saturated rings. The number of nitrogens with zero attached hydrogens (tertiary/aromatic N) is 1. The summed E-state index contributed by atoms with van der Waals surface area (Å²) in [6.45, 7) is 5.89. The number of fused-ring (bicyclic) bond motifs is 1. The quantitative estimate of drug-likeness (QED) is 0.744. The number of alkyl halides is 1. The van der Waals surface area contributed by atoms with Gasteiger partial charge in [0.1, 0.15) is 5.60 Å². The molecule has 19 heavy (non-hydrogen) atoms. The first-order chi connectivity index (χ1) is 8.79. The molecule has 2 rings (SSSR count). The number of aliphatic hydroxyl groups is 1. The fraction of sp³-hybridized carbons (Fsp3) is 0.500. The first-order valence-corrected chi connectivity index (χ1v) is 7.13. The van der Waals surface area contributed by atoms with Gasteiger partial charge in [-0.05, 0) is 26.8 Å². The van der Waals surface area contributed by atoms with E-state index in [2.05, 4.69) is 15.9 Å². The van der Waals surface area contributed by atoms with Crippen LogP contribution in [0.2, 0.25) is 0 Å². The van der Waals surface area contributed by atoms with Crippen molar-refractivity contribution in [3.05, 3.63) is 29.8 Å². The van der Waals surface area contributed by atoms with Gasteiger partial charge in [-0.3, -0.25) is 4.90 Å². The standard InChI is InChI=1S/C14H18BrNO3/c1-14(2,3)19-13(18)16-8-10(15)12(17)9-6-4-5-7-11(9)16/h4-7,10,12,17H,8H2,1-3H3/t10-,12-/m1/s1. The lowest BCUT2D eigenvalue weighted by atomic mass is 9.99. The molecule has 1 heterocycles. The number of rotatable bonds is 0. The Morgan fingerprint density at radius 2 is 2.05 bits per heavy atom. The molecule has 5 heteroatoms.